The molecule has 0 aliphatic rings. The molecular weight excluding hydrogens is 235 g/mol. The summed E-state index contributed by atoms with van der Waals surface area (Å²) in [5.41, 5.74) is 8.72. The van der Waals surface area contributed by atoms with Crippen LogP contribution in [0.25, 0.3) is 0 Å². The Morgan fingerprint density at radius 3 is 2.89 bits per heavy atom. The van der Waals surface area contributed by atoms with E-state index in [2.05, 4.69) is 15.5 Å². The third-order valence-electron chi connectivity index (χ3n) is 2.73. The summed E-state index contributed by atoms with van der Waals surface area (Å²) >= 11 is 0. The molecule has 5 nitrogen and oxygen atoms in total. The van der Waals surface area contributed by atoms with Crippen molar-refractivity contribution in [2.75, 3.05) is 18.2 Å². The van der Waals surface area contributed by atoms with Crippen LogP contribution >= 0.6 is 0 Å². The minimum Gasteiger partial charge on any atom is -0.494 e. The Balaban J connectivity index is 2.16. The quantitative estimate of drug-likeness (QED) is 0.726. The van der Waals surface area contributed by atoms with Gasteiger partial charge in [0.25, 0.3) is 0 Å². The van der Waals surface area contributed by atoms with Crippen molar-refractivity contribution in [2.45, 2.75) is 13.5 Å². The lowest BCUT2D eigenvalue weighted by Gasteiger charge is -2.11. The van der Waals surface area contributed by atoms with Gasteiger partial charge >= 0.3 is 0 Å². The number of anilines is 2. The number of nitrogens with zero attached hydrogens (tertiary/aromatic N) is 1. The standard InChI is InChI=1S/C12H15FN4O/c1-7-8(6-16-17-7)5-15-11-4-12(18-2)9(13)3-10(11)14/h3-4,6,15H,5,14H2,1-2H3,(H,16,17). The van der Waals surface area contributed by atoms with Gasteiger partial charge in [0.1, 0.15) is 0 Å². The van der Waals surface area contributed by atoms with Crippen LogP contribution in [-0.2, 0) is 6.54 Å². The number of nitrogen functional groups attached to an aromatic ring is 1. The number of aromatic nitrogens is 2. The van der Waals surface area contributed by atoms with Gasteiger partial charge in [-0.2, -0.15) is 5.10 Å². The summed E-state index contributed by atoms with van der Waals surface area (Å²) in [6, 6.07) is 2.78. The highest BCUT2D eigenvalue weighted by atomic mass is 19.1. The van der Waals surface area contributed by atoms with Crippen molar-refractivity contribution in [1.29, 1.82) is 0 Å². The van der Waals surface area contributed by atoms with E-state index in [1.807, 2.05) is 6.92 Å². The zero-order chi connectivity index (χ0) is 13.1. The molecule has 0 bridgehead atoms. The van der Waals surface area contributed by atoms with Crippen molar-refractivity contribution >= 4 is 11.4 Å². The molecule has 0 fully saturated rings. The molecular formula is C12H15FN4O. The number of hydrogen-bond donors (Lipinski definition) is 3. The third-order valence-corrected chi connectivity index (χ3v) is 2.73. The van der Waals surface area contributed by atoms with Gasteiger partial charge in [-0.25, -0.2) is 4.39 Å². The summed E-state index contributed by atoms with van der Waals surface area (Å²) in [6.07, 6.45) is 1.74. The maximum Gasteiger partial charge on any atom is 0.167 e. The highest BCUT2D eigenvalue weighted by Gasteiger charge is 2.08. The molecule has 0 radical (unpaired) electrons. The van der Waals surface area contributed by atoms with Gasteiger partial charge in [-0.15, -0.1) is 0 Å². The SMILES string of the molecule is COc1cc(NCc2cn[nH]c2C)c(N)cc1F. The van der Waals surface area contributed by atoms with E-state index in [1.165, 1.54) is 13.2 Å². The van der Waals surface area contributed by atoms with Gasteiger partial charge in [0.05, 0.1) is 24.7 Å². The number of nitrogens with two attached hydrogens (primary N) is 1. The smallest absolute Gasteiger partial charge is 0.167 e. The maximum atomic E-state index is 13.4. The fourth-order valence-electron chi connectivity index (χ4n) is 1.62. The molecule has 0 amide bonds. The average molecular weight is 250 g/mol. The topological polar surface area (TPSA) is 76.0 Å². The zero-order valence-electron chi connectivity index (χ0n) is 10.2. The minimum absolute atomic E-state index is 0.163. The van der Waals surface area contributed by atoms with Crippen molar-refractivity contribution in [1.82, 2.24) is 10.2 Å². The molecule has 4 N–H and O–H groups in total. The molecule has 1 aromatic heterocycles. The van der Waals surface area contributed by atoms with Crippen molar-refractivity contribution < 1.29 is 9.13 Å². The van der Waals surface area contributed by atoms with Crippen LogP contribution < -0.4 is 15.8 Å². The lowest BCUT2D eigenvalue weighted by molar-refractivity contribution is 0.387. The summed E-state index contributed by atoms with van der Waals surface area (Å²) in [6.45, 7) is 2.49. The van der Waals surface area contributed by atoms with E-state index in [0.29, 0.717) is 17.9 Å². The number of methoxy groups -OCH3 is 1. The number of halogens is 1. The zero-order valence-corrected chi connectivity index (χ0v) is 10.2. The second kappa shape index (κ2) is 4.95. The highest BCUT2D eigenvalue weighted by molar-refractivity contribution is 5.68. The Hall–Kier alpha value is -2.24. The largest absolute Gasteiger partial charge is 0.494 e. The van der Waals surface area contributed by atoms with Crippen LogP contribution in [0.15, 0.2) is 18.3 Å². The summed E-state index contributed by atoms with van der Waals surface area (Å²) in [4.78, 5) is 0. The van der Waals surface area contributed by atoms with Gasteiger partial charge < -0.3 is 15.8 Å². The molecule has 1 aromatic carbocycles. The van der Waals surface area contributed by atoms with Crippen LogP contribution in [0.5, 0.6) is 5.75 Å². The van der Waals surface area contributed by atoms with Gasteiger partial charge in [-0.05, 0) is 6.92 Å². The molecule has 0 saturated carbocycles. The Morgan fingerprint density at radius 1 is 1.50 bits per heavy atom. The molecule has 0 aliphatic heterocycles. The van der Waals surface area contributed by atoms with Crippen LogP contribution in [0.1, 0.15) is 11.3 Å². The predicted octanol–water partition coefficient (Wildman–Crippen LogP) is 2.06. The van der Waals surface area contributed by atoms with Gasteiger partial charge in [0, 0.05) is 29.9 Å². The molecule has 0 atom stereocenters. The number of H-pyrrole nitrogens is 1. The minimum atomic E-state index is -0.472. The molecule has 0 unspecified atom stereocenters. The Kier molecular flexibility index (Phi) is 3.36. The molecule has 2 rings (SSSR count). The predicted molar refractivity (Wildman–Crippen MR) is 68.0 cm³/mol. The monoisotopic (exact) mass is 250 g/mol. The van der Waals surface area contributed by atoms with E-state index >= 15 is 0 Å². The summed E-state index contributed by atoms with van der Waals surface area (Å²) in [5, 5.41) is 9.89. The molecule has 0 saturated heterocycles. The third kappa shape index (κ3) is 2.37. The Bertz CT molecular complexity index is 553. The van der Waals surface area contributed by atoms with Gasteiger partial charge in [-0.3, -0.25) is 5.10 Å². The van der Waals surface area contributed by atoms with E-state index in [-0.39, 0.29) is 5.75 Å². The van der Waals surface area contributed by atoms with Crippen molar-refractivity contribution in [2.24, 2.45) is 0 Å². The molecule has 2 aromatic rings. The Labute approximate surface area is 104 Å². The van der Waals surface area contributed by atoms with Crippen molar-refractivity contribution in [3.63, 3.8) is 0 Å². The van der Waals surface area contributed by atoms with Gasteiger partial charge in [0.2, 0.25) is 0 Å². The number of benzene rings is 1. The maximum absolute atomic E-state index is 13.4. The van der Waals surface area contributed by atoms with Crippen LogP contribution in [0.2, 0.25) is 0 Å². The molecule has 0 spiro atoms. The normalized spacial score (nSPS) is 10.4. The van der Waals surface area contributed by atoms with Crippen molar-refractivity contribution in [3.05, 3.63) is 35.4 Å². The number of nitrogens with one attached hydrogen (secondary N) is 2. The summed E-state index contributed by atoms with van der Waals surface area (Å²) in [7, 11) is 1.42. The first kappa shape index (κ1) is 12.2. The number of ether oxygens (including phenoxy) is 1. The second-order valence-corrected chi connectivity index (χ2v) is 3.95. The number of aryl methyl sites for hydroxylation is 1. The van der Waals surface area contributed by atoms with Crippen molar-refractivity contribution in [3.8, 4) is 5.75 Å². The number of rotatable bonds is 4. The van der Waals surface area contributed by atoms with E-state index in [4.69, 9.17) is 10.5 Å². The second-order valence-electron chi connectivity index (χ2n) is 3.95. The summed E-state index contributed by atoms with van der Waals surface area (Å²) in [5.74, 6) is -0.310. The Morgan fingerprint density at radius 2 is 2.28 bits per heavy atom. The first-order valence-corrected chi connectivity index (χ1v) is 5.47. The average Bonchev–Trinajstić information content (AvgIpc) is 2.74. The fraction of sp³-hybridized carbons (Fsp3) is 0.250. The number of hydrogen-bond acceptors (Lipinski definition) is 4. The fourth-order valence-corrected chi connectivity index (χ4v) is 1.62. The van der Waals surface area contributed by atoms with Crippen LogP contribution in [0, 0.1) is 12.7 Å². The lowest BCUT2D eigenvalue weighted by Crippen LogP contribution is -2.04. The molecule has 96 valence electrons. The first-order valence-electron chi connectivity index (χ1n) is 5.47. The lowest BCUT2D eigenvalue weighted by atomic mass is 10.2. The van der Waals surface area contributed by atoms with Gasteiger partial charge in [0.15, 0.2) is 11.6 Å². The van der Waals surface area contributed by atoms with E-state index in [0.717, 1.165) is 11.3 Å². The molecule has 0 aliphatic carbocycles. The van der Waals surface area contributed by atoms with Gasteiger partial charge in [-0.1, -0.05) is 0 Å². The summed E-state index contributed by atoms with van der Waals surface area (Å²) < 4.78 is 18.3. The molecule has 1 heterocycles. The number of aromatic amines is 1. The molecule has 6 heteroatoms. The van der Waals surface area contributed by atoms with E-state index < -0.39 is 5.82 Å². The van der Waals surface area contributed by atoms with E-state index in [9.17, 15) is 4.39 Å². The van der Waals surface area contributed by atoms with Crippen LogP contribution in [-0.4, -0.2) is 17.3 Å². The highest BCUT2D eigenvalue weighted by Crippen LogP contribution is 2.28. The molecule has 18 heavy (non-hydrogen) atoms. The van der Waals surface area contributed by atoms with Crippen LogP contribution in [0.4, 0.5) is 15.8 Å². The van der Waals surface area contributed by atoms with E-state index in [1.54, 1.807) is 12.3 Å². The first-order chi connectivity index (χ1) is 8.61. The van der Waals surface area contributed by atoms with Crippen LogP contribution in [0.3, 0.4) is 0 Å².